The maximum Gasteiger partial charge on any atom is 0.350 e. The Hall–Kier alpha value is -2.38. The molecule has 17 heavy (non-hydrogen) atoms. The van der Waals surface area contributed by atoms with Crippen LogP contribution in [0.25, 0.3) is 0 Å². The second-order valence-electron chi connectivity index (χ2n) is 3.72. The zero-order chi connectivity index (χ0) is 12.5. The first-order valence-corrected chi connectivity index (χ1v) is 4.77. The third-order valence-corrected chi connectivity index (χ3v) is 1.89. The SMILES string of the molecule is CC1(C)OC(=O)C(=CNc2ncn[nH]2)C(=O)O1. The van der Waals surface area contributed by atoms with Crippen LogP contribution < -0.4 is 5.32 Å². The minimum Gasteiger partial charge on any atom is -0.419 e. The number of nitrogens with zero attached hydrogens (tertiary/aromatic N) is 2. The number of cyclic esters (lactones) is 2. The van der Waals surface area contributed by atoms with Crippen molar-refractivity contribution in [3.8, 4) is 0 Å². The number of aromatic amines is 1. The molecule has 1 aromatic rings. The van der Waals surface area contributed by atoms with Crippen molar-refractivity contribution in [3.63, 3.8) is 0 Å². The van der Waals surface area contributed by atoms with E-state index in [1.165, 1.54) is 20.2 Å². The van der Waals surface area contributed by atoms with E-state index in [0.29, 0.717) is 5.95 Å². The van der Waals surface area contributed by atoms with Gasteiger partial charge in [-0.05, 0) is 0 Å². The Labute approximate surface area is 96.0 Å². The van der Waals surface area contributed by atoms with E-state index in [2.05, 4.69) is 20.5 Å². The summed E-state index contributed by atoms with van der Waals surface area (Å²) in [5, 5.41) is 8.68. The Morgan fingerprint density at radius 2 is 2.00 bits per heavy atom. The van der Waals surface area contributed by atoms with Crippen molar-refractivity contribution in [2.45, 2.75) is 19.6 Å². The number of H-pyrrole nitrogens is 1. The standard InChI is InChI=1S/C9H10N4O4/c1-9(2)16-6(14)5(7(15)17-9)3-10-8-11-4-12-13-8/h3-4H,1-2H3,(H2,10,11,12,13). The maximum atomic E-state index is 11.5. The molecule has 1 aromatic heterocycles. The van der Waals surface area contributed by atoms with E-state index in [0.717, 1.165) is 6.20 Å². The number of anilines is 1. The molecule has 0 amide bonds. The first-order chi connectivity index (χ1) is 7.98. The second-order valence-corrected chi connectivity index (χ2v) is 3.72. The second kappa shape index (κ2) is 3.89. The Morgan fingerprint density at radius 3 is 2.53 bits per heavy atom. The van der Waals surface area contributed by atoms with E-state index in [4.69, 9.17) is 9.47 Å². The molecule has 0 aromatic carbocycles. The molecular weight excluding hydrogens is 228 g/mol. The minimum atomic E-state index is -1.24. The van der Waals surface area contributed by atoms with Crippen LogP contribution in [0.4, 0.5) is 5.95 Å². The summed E-state index contributed by atoms with van der Waals surface area (Å²) in [6.45, 7) is 2.95. The lowest BCUT2D eigenvalue weighted by atomic mass is 10.2. The monoisotopic (exact) mass is 238 g/mol. The Morgan fingerprint density at radius 1 is 1.35 bits per heavy atom. The van der Waals surface area contributed by atoms with Crippen molar-refractivity contribution in [2.75, 3.05) is 5.32 Å². The Kier molecular flexibility index (Phi) is 2.54. The lowest BCUT2D eigenvalue weighted by Crippen LogP contribution is -2.42. The number of rotatable bonds is 2. The molecule has 2 heterocycles. The van der Waals surface area contributed by atoms with Crippen molar-refractivity contribution < 1.29 is 19.1 Å². The van der Waals surface area contributed by atoms with Gasteiger partial charge in [-0.2, -0.15) is 10.1 Å². The maximum absolute atomic E-state index is 11.5. The summed E-state index contributed by atoms with van der Waals surface area (Å²) in [4.78, 5) is 26.8. The first-order valence-electron chi connectivity index (χ1n) is 4.77. The van der Waals surface area contributed by atoms with Gasteiger partial charge in [0.05, 0.1) is 0 Å². The number of hydrogen-bond donors (Lipinski definition) is 2. The van der Waals surface area contributed by atoms with Crippen molar-refractivity contribution in [3.05, 3.63) is 18.1 Å². The molecule has 2 rings (SSSR count). The number of hydrogen-bond acceptors (Lipinski definition) is 7. The van der Waals surface area contributed by atoms with Crippen LogP contribution in [-0.4, -0.2) is 32.9 Å². The van der Waals surface area contributed by atoms with Crippen LogP contribution in [0.3, 0.4) is 0 Å². The number of carbonyl (C=O) groups excluding carboxylic acids is 2. The number of nitrogens with one attached hydrogen (secondary N) is 2. The fourth-order valence-electron chi connectivity index (χ4n) is 1.19. The quantitative estimate of drug-likeness (QED) is 0.422. The fraction of sp³-hybridized carbons (Fsp3) is 0.333. The molecule has 0 atom stereocenters. The van der Waals surface area contributed by atoms with Crippen LogP contribution in [-0.2, 0) is 19.1 Å². The highest BCUT2D eigenvalue weighted by Gasteiger charge is 2.38. The summed E-state index contributed by atoms with van der Waals surface area (Å²) in [6, 6.07) is 0. The normalized spacial score (nSPS) is 18.4. The molecular formula is C9H10N4O4. The lowest BCUT2D eigenvalue weighted by molar-refractivity contribution is -0.222. The summed E-state index contributed by atoms with van der Waals surface area (Å²) in [6.07, 6.45) is 2.43. The number of carbonyl (C=O) groups is 2. The van der Waals surface area contributed by atoms with Gasteiger partial charge in [-0.15, -0.1) is 0 Å². The highest BCUT2D eigenvalue weighted by molar-refractivity contribution is 6.15. The van der Waals surface area contributed by atoms with Gasteiger partial charge in [0, 0.05) is 20.0 Å². The molecule has 0 bridgehead atoms. The van der Waals surface area contributed by atoms with Crippen LogP contribution in [0.5, 0.6) is 0 Å². The number of ether oxygens (including phenoxy) is 2. The van der Waals surface area contributed by atoms with E-state index >= 15 is 0 Å². The van der Waals surface area contributed by atoms with Gasteiger partial charge in [-0.1, -0.05) is 0 Å². The average molecular weight is 238 g/mol. The highest BCUT2D eigenvalue weighted by Crippen LogP contribution is 2.22. The molecule has 8 nitrogen and oxygen atoms in total. The van der Waals surface area contributed by atoms with Crippen LogP contribution >= 0.6 is 0 Å². The molecule has 8 heteroatoms. The summed E-state index contributed by atoms with van der Waals surface area (Å²) in [5.41, 5.74) is -0.235. The van der Waals surface area contributed by atoms with Crippen molar-refractivity contribution in [1.29, 1.82) is 0 Å². The van der Waals surface area contributed by atoms with E-state index in [1.54, 1.807) is 0 Å². The Bertz CT molecular complexity index is 455. The minimum absolute atomic E-state index is 0.235. The predicted octanol–water partition coefficient (Wildman–Crippen LogP) is -0.0634. The van der Waals surface area contributed by atoms with E-state index < -0.39 is 17.7 Å². The van der Waals surface area contributed by atoms with Gasteiger partial charge >= 0.3 is 11.9 Å². The summed E-state index contributed by atoms with van der Waals surface area (Å²) in [7, 11) is 0. The van der Waals surface area contributed by atoms with E-state index in [-0.39, 0.29) is 5.57 Å². The molecule has 0 radical (unpaired) electrons. The van der Waals surface area contributed by atoms with E-state index in [9.17, 15) is 9.59 Å². The van der Waals surface area contributed by atoms with Crippen molar-refractivity contribution >= 4 is 17.9 Å². The van der Waals surface area contributed by atoms with E-state index in [1.807, 2.05) is 0 Å². The molecule has 2 N–H and O–H groups in total. The largest absolute Gasteiger partial charge is 0.419 e. The summed E-state index contributed by atoms with van der Waals surface area (Å²) in [5.74, 6) is -2.45. The van der Waals surface area contributed by atoms with Crippen LogP contribution in [0, 0.1) is 0 Å². The molecule has 1 fully saturated rings. The average Bonchev–Trinajstić information content (AvgIpc) is 2.67. The smallest absolute Gasteiger partial charge is 0.350 e. The van der Waals surface area contributed by atoms with Gasteiger partial charge in [0.25, 0.3) is 5.79 Å². The van der Waals surface area contributed by atoms with Gasteiger partial charge in [-0.3, -0.25) is 0 Å². The predicted molar refractivity (Wildman–Crippen MR) is 54.4 cm³/mol. The molecule has 0 saturated carbocycles. The molecule has 90 valence electrons. The van der Waals surface area contributed by atoms with Crippen LogP contribution in [0.1, 0.15) is 13.8 Å². The molecule has 0 spiro atoms. The third-order valence-electron chi connectivity index (χ3n) is 1.89. The first kappa shape index (κ1) is 11.1. The van der Waals surface area contributed by atoms with Gasteiger partial charge in [0.15, 0.2) is 5.57 Å². The highest BCUT2D eigenvalue weighted by atomic mass is 16.7. The molecule has 1 aliphatic rings. The topological polar surface area (TPSA) is 106 Å². The summed E-state index contributed by atoms with van der Waals surface area (Å²) >= 11 is 0. The zero-order valence-corrected chi connectivity index (χ0v) is 9.18. The van der Waals surface area contributed by atoms with Crippen LogP contribution in [0.2, 0.25) is 0 Å². The molecule has 0 unspecified atom stereocenters. The number of aromatic nitrogens is 3. The Balaban J connectivity index is 2.13. The van der Waals surface area contributed by atoms with Crippen molar-refractivity contribution in [1.82, 2.24) is 15.2 Å². The molecule has 0 aliphatic carbocycles. The van der Waals surface area contributed by atoms with Gasteiger partial charge in [0.1, 0.15) is 6.33 Å². The third kappa shape index (κ3) is 2.41. The summed E-state index contributed by atoms with van der Waals surface area (Å²) < 4.78 is 9.78. The fourth-order valence-corrected chi connectivity index (χ4v) is 1.19. The van der Waals surface area contributed by atoms with Crippen LogP contribution in [0.15, 0.2) is 18.1 Å². The van der Waals surface area contributed by atoms with Crippen molar-refractivity contribution in [2.24, 2.45) is 0 Å². The molecule has 1 saturated heterocycles. The zero-order valence-electron chi connectivity index (χ0n) is 9.18. The van der Waals surface area contributed by atoms with Gasteiger partial charge < -0.3 is 14.8 Å². The van der Waals surface area contributed by atoms with Gasteiger partial charge in [0.2, 0.25) is 5.95 Å². The number of esters is 2. The lowest BCUT2D eigenvalue weighted by Gasteiger charge is -2.29. The van der Waals surface area contributed by atoms with Gasteiger partial charge in [-0.25, -0.2) is 14.7 Å². The molecule has 1 aliphatic heterocycles.